The zero-order valence-electron chi connectivity index (χ0n) is 11.3. The van der Waals surface area contributed by atoms with Gasteiger partial charge < -0.3 is 10.1 Å². The number of rotatable bonds is 4. The Balaban J connectivity index is 3.15. The summed E-state index contributed by atoms with van der Waals surface area (Å²) in [5.41, 5.74) is 3.31. The van der Waals surface area contributed by atoms with Crippen LogP contribution in [0.5, 0.6) is 5.75 Å². The number of methoxy groups -OCH3 is 1. The molecule has 0 aliphatic rings. The Hall–Kier alpha value is -1.51. The molecule has 0 bridgehead atoms. The van der Waals surface area contributed by atoms with Crippen LogP contribution in [0.15, 0.2) is 12.1 Å². The van der Waals surface area contributed by atoms with Gasteiger partial charge in [0.05, 0.1) is 13.5 Å². The van der Waals surface area contributed by atoms with Crippen molar-refractivity contribution in [1.82, 2.24) is 5.32 Å². The summed E-state index contributed by atoms with van der Waals surface area (Å²) in [6, 6.07) is 4.08. The summed E-state index contributed by atoms with van der Waals surface area (Å²) in [6.45, 7) is 6.25. The topological polar surface area (TPSA) is 38.3 Å². The van der Waals surface area contributed by atoms with Crippen LogP contribution in [0.3, 0.4) is 0 Å². The quantitative estimate of drug-likeness (QED) is 0.870. The average Bonchev–Trinajstić information content (AvgIpc) is 2.30. The van der Waals surface area contributed by atoms with Crippen molar-refractivity contribution in [2.45, 2.75) is 33.1 Å². The van der Waals surface area contributed by atoms with E-state index in [1.807, 2.05) is 13.0 Å². The Labute approximate surface area is 103 Å². The number of carbonyl (C=O) groups excluding carboxylic acids is 1. The van der Waals surface area contributed by atoms with Crippen LogP contribution < -0.4 is 10.1 Å². The third-order valence-electron chi connectivity index (χ3n) is 2.94. The first-order valence-electron chi connectivity index (χ1n) is 5.87. The highest BCUT2D eigenvalue weighted by Crippen LogP contribution is 2.29. The van der Waals surface area contributed by atoms with Crippen LogP contribution in [0, 0.1) is 6.92 Å². The first-order chi connectivity index (χ1) is 7.99. The molecule has 94 valence electrons. The lowest BCUT2D eigenvalue weighted by molar-refractivity contribution is -0.119. The fourth-order valence-electron chi connectivity index (χ4n) is 1.83. The average molecular weight is 235 g/mol. The summed E-state index contributed by atoms with van der Waals surface area (Å²) in [6.07, 6.45) is 0.423. The van der Waals surface area contributed by atoms with E-state index in [9.17, 15) is 4.79 Å². The molecule has 1 amide bonds. The molecule has 0 atom stereocenters. The molecule has 0 heterocycles. The summed E-state index contributed by atoms with van der Waals surface area (Å²) in [5.74, 6) is 1.32. The maximum Gasteiger partial charge on any atom is 0.224 e. The molecule has 3 heteroatoms. The maximum atomic E-state index is 11.4. The smallest absolute Gasteiger partial charge is 0.224 e. The number of aryl methyl sites for hydroxylation is 1. The number of amides is 1. The third kappa shape index (κ3) is 3.22. The summed E-state index contributed by atoms with van der Waals surface area (Å²) in [4.78, 5) is 11.4. The van der Waals surface area contributed by atoms with Gasteiger partial charge in [-0.1, -0.05) is 19.9 Å². The first-order valence-corrected chi connectivity index (χ1v) is 5.87. The maximum absolute atomic E-state index is 11.4. The van der Waals surface area contributed by atoms with Crippen LogP contribution in [0.2, 0.25) is 0 Å². The van der Waals surface area contributed by atoms with Crippen molar-refractivity contribution in [3.8, 4) is 5.75 Å². The van der Waals surface area contributed by atoms with Gasteiger partial charge in [0.25, 0.3) is 0 Å². The Morgan fingerprint density at radius 2 is 2.06 bits per heavy atom. The van der Waals surface area contributed by atoms with E-state index in [-0.39, 0.29) is 5.91 Å². The molecule has 0 spiro atoms. The van der Waals surface area contributed by atoms with Crippen molar-refractivity contribution in [3.05, 3.63) is 28.8 Å². The Kier molecular flexibility index (Phi) is 4.55. The van der Waals surface area contributed by atoms with E-state index in [1.54, 1.807) is 14.2 Å². The SMILES string of the molecule is CNC(=O)Cc1cc(C(C)C)c(OC)cc1C. The van der Waals surface area contributed by atoms with Gasteiger partial charge in [0.15, 0.2) is 0 Å². The van der Waals surface area contributed by atoms with E-state index < -0.39 is 0 Å². The molecule has 0 aliphatic carbocycles. The van der Waals surface area contributed by atoms with Crippen LogP contribution >= 0.6 is 0 Å². The molecule has 0 aliphatic heterocycles. The van der Waals surface area contributed by atoms with Crippen molar-refractivity contribution < 1.29 is 9.53 Å². The number of nitrogens with one attached hydrogen (secondary N) is 1. The van der Waals surface area contributed by atoms with E-state index in [2.05, 4.69) is 25.2 Å². The van der Waals surface area contributed by atoms with Crippen molar-refractivity contribution in [1.29, 1.82) is 0 Å². The van der Waals surface area contributed by atoms with Gasteiger partial charge in [-0.25, -0.2) is 0 Å². The Morgan fingerprint density at radius 3 is 2.53 bits per heavy atom. The number of benzene rings is 1. The van der Waals surface area contributed by atoms with Gasteiger partial charge in [0.1, 0.15) is 5.75 Å². The number of hydrogen-bond donors (Lipinski definition) is 1. The highest BCUT2D eigenvalue weighted by molar-refractivity contribution is 5.78. The van der Waals surface area contributed by atoms with Crippen LogP contribution in [0.4, 0.5) is 0 Å². The van der Waals surface area contributed by atoms with Crippen molar-refractivity contribution in [3.63, 3.8) is 0 Å². The van der Waals surface area contributed by atoms with Crippen molar-refractivity contribution in [2.75, 3.05) is 14.2 Å². The zero-order chi connectivity index (χ0) is 13.0. The molecule has 3 nitrogen and oxygen atoms in total. The second-order valence-corrected chi connectivity index (χ2v) is 4.53. The Morgan fingerprint density at radius 1 is 1.41 bits per heavy atom. The molecule has 0 saturated heterocycles. The van der Waals surface area contributed by atoms with Gasteiger partial charge in [0, 0.05) is 7.05 Å². The minimum atomic E-state index is 0.0352. The highest BCUT2D eigenvalue weighted by Gasteiger charge is 2.12. The molecule has 0 fully saturated rings. The van der Waals surface area contributed by atoms with Gasteiger partial charge in [-0.3, -0.25) is 4.79 Å². The van der Waals surface area contributed by atoms with Crippen LogP contribution in [-0.4, -0.2) is 20.1 Å². The van der Waals surface area contributed by atoms with Crippen molar-refractivity contribution in [2.24, 2.45) is 0 Å². The largest absolute Gasteiger partial charge is 0.496 e. The number of likely N-dealkylation sites (N-methyl/N-ethyl adjacent to an activating group) is 1. The number of carbonyl (C=O) groups is 1. The minimum Gasteiger partial charge on any atom is -0.496 e. The predicted octanol–water partition coefficient (Wildman–Crippen LogP) is 2.42. The molecule has 1 rings (SSSR count). The predicted molar refractivity (Wildman–Crippen MR) is 69.6 cm³/mol. The monoisotopic (exact) mass is 235 g/mol. The number of hydrogen-bond acceptors (Lipinski definition) is 2. The second kappa shape index (κ2) is 5.71. The van der Waals surface area contributed by atoms with Crippen molar-refractivity contribution >= 4 is 5.91 Å². The molecule has 0 saturated carbocycles. The molecule has 0 radical (unpaired) electrons. The molecule has 1 aromatic carbocycles. The van der Waals surface area contributed by atoms with E-state index in [4.69, 9.17) is 4.74 Å². The molecule has 1 N–H and O–H groups in total. The number of ether oxygens (including phenoxy) is 1. The normalized spacial score (nSPS) is 10.5. The second-order valence-electron chi connectivity index (χ2n) is 4.53. The minimum absolute atomic E-state index is 0.0352. The van der Waals surface area contributed by atoms with Gasteiger partial charge in [0.2, 0.25) is 5.91 Å². The molecule has 0 unspecified atom stereocenters. The molecule has 17 heavy (non-hydrogen) atoms. The van der Waals surface area contributed by atoms with Gasteiger partial charge in [-0.05, 0) is 35.6 Å². The van der Waals surface area contributed by atoms with E-state index in [1.165, 1.54) is 0 Å². The fourth-order valence-corrected chi connectivity index (χ4v) is 1.83. The standard InChI is InChI=1S/C14H21NO2/c1-9(2)12-7-11(8-14(16)15-4)10(3)6-13(12)17-5/h6-7,9H,8H2,1-5H3,(H,15,16). The van der Waals surface area contributed by atoms with Gasteiger partial charge in [-0.2, -0.15) is 0 Å². The fraction of sp³-hybridized carbons (Fsp3) is 0.500. The molecular weight excluding hydrogens is 214 g/mol. The molecule has 1 aromatic rings. The molecule has 0 aromatic heterocycles. The highest BCUT2D eigenvalue weighted by atomic mass is 16.5. The first kappa shape index (κ1) is 13.6. The molecular formula is C14H21NO2. The lowest BCUT2D eigenvalue weighted by Gasteiger charge is -2.15. The van der Waals surface area contributed by atoms with E-state index >= 15 is 0 Å². The summed E-state index contributed by atoms with van der Waals surface area (Å²) < 4.78 is 5.37. The van der Waals surface area contributed by atoms with Crippen LogP contribution in [0.1, 0.15) is 36.5 Å². The van der Waals surface area contributed by atoms with E-state index in [0.717, 1.165) is 22.4 Å². The Bertz CT molecular complexity index is 411. The summed E-state index contributed by atoms with van der Waals surface area (Å²) >= 11 is 0. The third-order valence-corrected chi connectivity index (χ3v) is 2.94. The van der Waals surface area contributed by atoms with Gasteiger partial charge >= 0.3 is 0 Å². The van der Waals surface area contributed by atoms with Crippen LogP contribution in [-0.2, 0) is 11.2 Å². The lowest BCUT2D eigenvalue weighted by Crippen LogP contribution is -2.20. The van der Waals surface area contributed by atoms with Crippen LogP contribution in [0.25, 0.3) is 0 Å². The van der Waals surface area contributed by atoms with Gasteiger partial charge in [-0.15, -0.1) is 0 Å². The lowest BCUT2D eigenvalue weighted by atomic mass is 9.95. The van der Waals surface area contributed by atoms with E-state index in [0.29, 0.717) is 12.3 Å². The summed E-state index contributed by atoms with van der Waals surface area (Å²) in [5, 5.41) is 2.65. The zero-order valence-corrected chi connectivity index (χ0v) is 11.3. The summed E-state index contributed by atoms with van der Waals surface area (Å²) in [7, 11) is 3.34.